The van der Waals surface area contributed by atoms with Crippen molar-refractivity contribution in [3.63, 3.8) is 0 Å². The Balaban J connectivity index is 1.16. The number of rotatable bonds is 17. The van der Waals surface area contributed by atoms with Gasteiger partial charge in [-0.3, -0.25) is 4.79 Å². The highest BCUT2D eigenvalue weighted by Gasteiger charge is 2.12. The van der Waals surface area contributed by atoms with Crippen LogP contribution in [0.3, 0.4) is 0 Å². The van der Waals surface area contributed by atoms with Gasteiger partial charge in [0.05, 0.1) is 17.1 Å². The van der Waals surface area contributed by atoms with Gasteiger partial charge in [0.15, 0.2) is 30.6 Å². The number of carboxylic acids is 1. The summed E-state index contributed by atoms with van der Waals surface area (Å²) in [6.45, 7) is 5.39. The highest BCUT2D eigenvalue weighted by Crippen LogP contribution is 2.30. The normalized spacial score (nSPS) is 11.0. The number of aromatic nitrogens is 4. The van der Waals surface area contributed by atoms with Gasteiger partial charge in [-0.1, -0.05) is 85.4 Å². The summed E-state index contributed by atoms with van der Waals surface area (Å²) in [6, 6.07) is 37.8. The van der Waals surface area contributed by atoms with Gasteiger partial charge in [-0.05, 0) is 54.0 Å². The van der Waals surface area contributed by atoms with E-state index in [1.54, 1.807) is 0 Å². The minimum atomic E-state index is -0.728. The van der Waals surface area contributed by atoms with Gasteiger partial charge >= 0.3 is 5.97 Å². The van der Waals surface area contributed by atoms with E-state index in [4.69, 9.17) is 15.1 Å². The van der Waals surface area contributed by atoms with Crippen molar-refractivity contribution in [2.75, 3.05) is 0 Å². The Morgan fingerprint density at radius 3 is 1.37 bits per heavy atom. The van der Waals surface area contributed by atoms with Crippen molar-refractivity contribution in [2.24, 2.45) is 0 Å². The predicted molar refractivity (Wildman–Crippen MR) is 206 cm³/mol. The molecule has 0 fully saturated rings. The van der Waals surface area contributed by atoms with Gasteiger partial charge in [-0.25, -0.2) is 19.1 Å². The molecule has 0 spiro atoms. The molecule has 3 aromatic heterocycles. The van der Waals surface area contributed by atoms with E-state index >= 15 is 0 Å². The molecule has 0 bridgehead atoms. The summed E-state index contributed by atoms with van der Waals surface area (Å²) in [5.74, 6) is 0.226. The third kappa shape index (κ3) is 10.1. The van der Waals surface area contributed by atoms with Crippen molar-refractivity contribution in [3.8, 4) is 56.2 Å². The minimum Gasteiger partial charge on any atom is -0.513 e. The molecule has 0 unspecified atom stereocenters. The molecular weight excluding hydrogens is 645 g/mol. The van der Waals surface area contributed by atoms with Crippen molar-refractivity contribution < 1.29 is 24.1 Å². The molecule has 0 aliphatic heterocycles. The Morgan fingerprint density at radius 2 is 0.923 bits per heavy atom. The fourth-order valence-electron chi connectivity index (χ4n) is 6.27. The maximum atomic E-state index is 10.7. The zero-order valence-electron chi connectivity index (χ0n) is 29.6. The van der Waals surface area contributed by atoms with Gasteiger partial charge < -0.3 is 10.2 Å². The largest absolute Gasteiger partial charge is 0.513 e. The smallest absolute Gasteiger partial charge is 0.303 e. The molecule has 3 aromatic carbocycles. The van der Waals surface area contributed by atoms with Crippen LogP contribution >= 0.6 is 0 Å². The Labute approximate surface area is 306 Å². The van der Waals surface area contributed by atoms with Crippen molar-refractivity contribution in [1.82, 2.24) is 9.97 Å². The lowest BCUT2D eigenvalue weighted by Crippen LogP contribution is -2.32. The fourth-order valence-corrected chi connectivity index (χ4v) is 6.27. The zero-order chi connectivity index (χ0) is 36.1. The number of hydrogen-bond donors (Lipinski definition) is 2. The number of benzene rings is 3. The summed E-state index contributed by atoms with van der Waals surface area (Å²) in [5, 5.41) is 18.1. The van der Waals surface area contributed by atoms with E-state index in [0.29, 0.717) is 18.7 Å². The van der Waals surface area contributed by atoms with Gasteiger partial charge in [0.2, 0.25) is 0 Å². The number of carboxylic acid groups (broad SMARTS) is 1. The van der Waals surface area contributed by atoms with E-state index in [0.717, 1.165) is 95.5 Å². The number of unbranched alkanes of at least 4 members (excludes halogenated alkanes) is 4. The summed E-state index contributed by atoms with van der Waals surface area (Å²) >= 11 is 0. The van der Waals surface area contributed by atoms with Crippen LogP contribution in [0.2, 0.25) is 0 Å². The quantitative estimate of drug-likeness (QED) is 0.0565. The summed E-state index contributed by atoms with van der Waals surface area (Å²) in [5.41, 5.74) is 9.31. The molecule has 0 aliphatic carbocycles. The molecule has 0 saturated heterocycles. The monoisotopic (exact) mass is 690 g/mol. The van der Waals surface area contributed by atoms with E-state index in [1.165, 1.54) is 0 Å². The molecule has 7 nitrogen and oxygen atoms in total. The van der Waals surface area contributed by atoms with Crippen LogP contribution in [-0.4, -0.2) is 26.2 Å². The molecule has 52 heavy (non-hydrogen) atoms. The molecule has 6 rings (SSSR count). The summed E-state index contributed by atoms with van der Waals surface area (Å²) in [4.78, 5) is 20.8. The summed E-state index contributed by atoms with van der Waals surface area (Å²) in [6.07, 6.45) is 15.0. The highest BCUT2D eigenvalue weighted by atomic mass is 16.4. The Morgan fingerprint density at radius 1 is 0.500 bits per heavy atom. The average molecular weight is 691 g/mol. The lowest BCUT2D eigenvalue weighted by atomic mass is 10.0. The Kier molecular flexibility index (Phi) is 12.3. The second-order valence-electron chi connectivity index (χ2n) is 13.2. The van der Waals surface area contributed by atoms with E-state index in [2.05, 4.69) is 119 Å². The van der Waals surface area contributed by atoms with E-state index in [-0.39, 0.29) is 12.2 Å². The lowest BCUT2D eigenvalue weighted by Gasteiger charge is -2.11. The van der Waals surface area contributed by atoms with Crippen molar-refractivity contribution in [2.45, 2.75) is 64.5 Å². The van der Waals surface area contributed by atoms with Gasteiger partial charge in [-0.2, -0.15) is 0 Å². The number of hydrogen-bond acceptors (Lipinski definition) is 4. The number of aliphatic carboxylic acids is 1. The van der Waals surface area contributed by atoms with Crippen LogP contribution in [0.15, 0.2) is 146 Å². The molecule has 0 radical (unpaired) electrons. The molecule has 2 N–H and O–H groups in total. The summed E-state index contributed by atoms with van der Waals surface area (Å²) in [7, 11) is 0. The molecular formula is C45H46N4O3+2. The van der Waals surface area contributed by atoms with Gasteiger partial charge in [0.25, 0.3) is 0 Å². The number of aliphatic hydroxyl groups is 1. The second-order valence-corrected chi connectivity index (χ2v) is 13.2. The van der Waals surface area contributed by atoms with Gasteiger partial charge in [-0.15, -0.1) is 0 Å². The maximum Gasteiger partial charge on any atom is 0.303 e. The van der Waals surface area contributed by atoms with E-state index < -0.39 is 5.97 Å². The first kappa shape index (κ1) is 35.9. The average Bonchev–Trinajstić information content (AvgIpc) is 3.18. The first-order valence-corrected chi connectivity index (χ1v) is 18.1. The SMILES string of the molecule is C=C(O)CCCCC[n+]1ccc(-c2ccc(-c3cc(-c4ccc(-c5cc[n+](CCCCCC(=O)O)cc5)cc4)nc(-c4ccccc4)n3)cc2)cc1. The van der Waals surface area contributed by atoms with Crippen LogP contribution in [0.1, 0.15) is 51.4 Å². The Hall–Kier alpha value is -5.95. The second kappa shape index (κ2) is 17.8. The molecule has 0 amide bonds. The number of aryl methyl sites for hydroxylation is 2. The number of nitrogens with zero attached hydrogens (tertiary/aromatic N) is 4. The minimum absolute atomic E-state index is 0.235. The third-order valence-corrected chi connectivity index (χ3v) is 9.26. The van der Waals surface area contributed by atoms with Gasteiger partial charge in [0, 0.05) is 66.6 Å². The Bertz CT molecular complexity index is 1930. The molecule has 0 saturated carbocycles. The third-order valence-electron chi connectivity index (χ3n) is 9.26. The first-order chi connectivity index (χ1) is 25.4. The lowest BCUT2D eigenvalue weighted by molar-refractivity contribution is -0.697. The maximum absolute atomic E-state index is 10.7. The topological polar surface area (TPSA) is 91.1 Å². The highest BCUT2D eigenvalue weighted by molar-refractivity contribution is 5.75. The van der Waals surface area contributed by atoms with E-state index in [1.807, 2.05) is 30.3 Å². The van der Waals surface area contributed by atoms with E-state index in [9.17, 15) is 9.90 Å². The number of carbonyl (C=O) groups is 1. The van der Waals surface area contributed by atoms with Crippen LogP contribution in [-0.2, 0) is 17.9 Å². The zero-order valence-corrected chi connectivity index (χ0v) is 29.6. The first-order valence-electron chi connectivity index (χ1n) is 18.1. The van der Waals surface area contributed by atoms with Crippen molar-refractivity contribution in [3.05, 3.63) is 146 Å². The van der Waals surface area contributed by atoms with Crippen LogP contribution < -0.4 is 9.13 Å². The van der Waals surface area contributed by atoms with Gasteiger partial charge in [0.1, 0.15) is 13.1 Å². The van der Waals surface area contributed by atoms with Crippen LogP contribution in [0.5, 0.6) is 0 Å². The number of aliphatic hydroxyl groups excluding tert-OH is 1. The van der Waals surface area contributed by atoms with Crippen molar-refractivity contribution >= 4 is 5.97 Å². The molecule has 0 aliphatic rings. The number of pyridine rings is 2. The van der Waals surface area contributed by atoms with Crippen LogP contribution in [0, 0.1) is 0 Å². The fraction of sp³-hybridized carbons (Fsp3) is 0.222. The molecule has 7 heteroatoms. The summed E-state index contributed by atoms with van der Waals surface area (Å²) < 4.78 is 4.36. The molecule has 6 aromatic rings. The van der Waals surface area contributed by atoms with Crippen LogP contribution in [0.25, 0.3) is 56.2 Å². The van der Waals surface area contributed by atoms with Crippen molar-refractivity contribution in [1.29, 1.82) is 0 Å². The predicted octanol–water partition coefficient (Wildman–Crippen LogP) is 9.66. The standard InChI is InChI=1S/C45H44N4O3/c1-34(50)11-5-3-9-27-48-29-23-37(24-30-48)35-15-19-39(20-16-35)42-33-43(47-45(46-42)41-12-6-2-7-13-41)40-21-17-36(18-22-40)38-25-31-49(32-26-38)28-10-4-8-14-44(51)52/h2,6-7,12-13,15-26,29-33H,1,3-5,8-11,14,27-28H2/p+2. The number of allylic oxidation sites excluding steroid dienone is 1. The molecule has 0 atom stereocenters. The van der Waals surface area contributed by atoms with Crippen LogP contribution in [0.4, 0.5) is 0 Å². The molecule has 262 valence electrons. The molecule has 3 heterocycles.